The molecule has 2 N–H and O–H groups in total. The lowest BCUT2D eigenvalue weighted by Gasteiger charge is -2.17. The van der Waals surface area contributed by atoms with Crippen LogP contribution in [0.25, 0.3) is 0 Å². The summed E-state index contributed by atoms with van der Waals surface area (Å²) >= 11 is 0. The maximum Gasteiger partial charge on any atom is 0.573 e. The van der Waals surface area contributed by atoms with E-state index >= 15 is 0 Å². The van der Waals surface area contributed by atoms with Crippen LogP contribution in [0.1, 0.15) is 5.56 Å². The molecule has 0 bridgehead atoms. The number of ether oxygens (including phenoxy) is 1. The number of amides is 1. The second-order valence-corrected chi connectivity index (χ2v) is 7.77. The van der Waals surface area contributed by atoms with E-state index in [-0.39, 0.29) is 23.7 Å². The monoisotopic (exact) mass is 444 g/mol. The number of halogens is 3. The van der Waals surface area contributed by atoms with Crippen LogP contribution in [0.5, 0.6) is 5.75 Å². The van der Waals surface area contributed by atoms with Gasteiger partial charge in [-0.05, 0) is 48.4 Å². The second kappa shape index (κ2) is 9.53. The Morgan fingerprint density at radius 2 is 1.73 bits per heavy atom. The summed E-state index contributed by atoms with van der Waals surface area (Å²) in [5, 5.41) is 9.07. The Kier molecular flexibility index (Phi) is 7.33. The van der Waals surface area contributed by atoms with Gasteiger partial charge in [-0.1, -0.05) is 18.2 Å². The summed E-state index contributed by atoms with van der Waals surface area (Å²) in [6.07, 6.45) is -4.03. The molecule has 2 aromatic carbocycles. The van der Waals surface area contributed by atoms with Crippen LogP contribution in [0, 0.1) is 0 Å². The highest BCUT2D eigenvalue weighted by molar-refractivity contribution is 7.92. The molecule has 0 aliphatic rings. The normalized spacial score (nSPS) is 11.6. The van der Waals surface area contributed by atoms with Crippen molar-refractivity contribution in [3.8, 4) is 5.75 Å². The van der Waals surface area contributed by atoms with E-state index in [0.717, 1.165) is 29.8 Å². The lowest BCUT2D eigenvalue weighted by atomic mass is 10.1. The Bertz CT molecular complexity index is 975. The molecule has 0 aliphatic heterocycles. The van der Waals surface area contributed by atoms with E-state index < -0.39 is 28.2 Å². The Morgan fingerprint density at radius 1 is 1.13 bits per heavy atom. The molecule has 11 heteroatoms. The highest BCUT2D eigenvalue weighted by atomic mass is 32.2. The zero-order valence-electron chi connectivity index (χ0n) is 15.6. The van der Waals surface area contributed by atoms with Crippen molar-refractivity contribution in [3.63, 3.8) is 0 Å². The van der Waals surface area contributed by atoms with Gasteiger partial charge in [-0.25, -0.2) is 13.2 Å². The number of rotatable bonds is 9. The molecule has 2 rings (SSSR count). The SMILES string of the molecule is C=CCN(CCc1ccc(NS(=O)(=O)c2ccc(OC(F)(F)F)cc2)cc1)C(=O)O. The van der Waals surface area contributed by atoms with E-state index in [1.54, 1.807) is 12.1 Å². The molecule has 0 fully saturated rings. The van der Waals surface area contributed by atoms with Crippen LogP contribution in [0.4, 0.5) is 23.7 Å². The lowest BCUT2D eigenvalue weighted by Crippen LogP contribution is -2.31. The zero-order valence-corrected chi connectivity index (χ0v) is 16.4. The number of benzene rings is 2. The van der Waals surface area contributed by atoms with Gasteiger partial charge in [0.15, 0.2) is 0 Å². The predicted molar refractivity (Wildman–Crippen MR) is 104 cm³/mol. The number of carbonyl (C=O) groups is 1. The number of nitrogens with one attached hydrogen (secondary N) is 1. The van der Waals surface area contributed by atoms with Gasteiger partial charge >= 0.3 is 12.5 Å². The molecule has 2 aromatic rings. The summed E-state index contributed by atoms with van der Waals surface area (Å²) < 4.78 is 67.4. The average Bonchev–Trinajstić information content (AvgIpc) is 2.65. The van der Waals surface area contributed by atoms with Gasteiger partial charge in [0.2, 0.25) is 0 Å². The summed E-state index contributed by atoms with van der Waals surface area (Å²) in [4.78, 5) is 12.0. The largest absolute Gasteiger partial charge is 0.573 e. The smallest absolute Gasteiger partial charge is 0.465 e. The van der Waals surface area contributed by atoms with Crippen LogP contribution in [-0.4, -0.2) is 44.0 Å². The fourth-order valence-corrected chi connectivity index (χ4v) is 3.52. The summed E-state index contributed by atoms with van der Waals surface area (Å²) in [7, 11) is -4.01. The first-order chi connectivity index (χ1) is 14.0. The van der Waals surface area contributed by atoms with Crippen molar-refractivity contribution in [2.75, 3.05) is 17.8 Å². The Labute approximate surface area is 171 Å². The molecule has 1 amide bonds. The third kappa shape index (κ3) is 6.99. The summed E-state index contributed by atoms with van der Waals surface area (Å²) in [6.45, 7) is 3.95. The van der Waals surface area contributed by atoms with Crippen LogP contribution in [-0.2, 0) is 16.4 Å². The number of sulfonamides is 1. The van der Waals surface area contributed by atoms with Gasteiger partial charge in [0.25, 0.3) is 10.0 Å². The van der Waals surface area contributed by atoms with Gasteiger partial charge in [-0.3, -0.25) is 4.72 Å². The third-order valence-electron chi connectivity index (χ3n) is 3.86. The van der Waals surface area contributed by atoms with E-state index in [9.17, 15) is 26.4 Å². The van der Waals surface area contributed by atoms with E-state index in [2.05, 4.69) is 16.0 Å². The van der Waals surface area contributed by atoms with E-state index in [4.69, 9.17) is 5.11 Å². The molecule has 162 valence electrons. The molecule has 7 nitrogen and oxygen atoms in total. The molecule has 0 saturated carbocycles. The predicted octanol–water partition coefficient (Wildman–Crippen LogP) is 4.09. The number of nitrogens with zero attached hydrogens (tertiary/aromatic N) is 1. The summed E-state index contributed by atoms with van der Waals surface area (Å²) in [5.41, 5.74) is 1.04. The number of carboxylic acid groups (broad SMARTS) is 1. The van der Waals surface area contributed by atoms with E-state index in [1.165, 1.54) is 23.1 Å². The minimum atomic E-state index is -4.87. The van der Waals surface area contributed by atoms with Crippen molar-refractivity contribution in [2.45, 2.75) is 17.7 Å². The highest BCUT2D eigenvalue weighted by Crippen LogP contribution is 2.25. The van der Waals surface area contributed by atoms with Crippen molar-refractivity contribution in [1.29, 1.82) is 0 Å². The third-order valence-corrected chi connectivity index (χ3v) is 5.26. The molecule has 0 radical (unpaired) electrons. The van der Waals surface area contributed by atoms with Crippen molar-refractivity contribution in [1.82, 2.24) is 4.90 Å². The van der Waals surface area contributed by atoms with Crippen LogP contribution in [0.3, 0.4) is 0 Å². The van der Waals surface area contributed by atoms with Crippen LogP contribution in [0.2, 0.25) is 0 Å². The highest BCUT2D eigenvalue weighted by Gasteiger charge is 2.31. The Morgan fingerprint density at radius 3 is 2.23 bits per heavy atom. The summed E-state index contributed by atoms with van der Waals surface area (Å²) in [5.74, 6) is -0.530. The molecule has 0 unspecified atom stereocenters. The topological polar surface area (TPSA) is 95.9 Å². The van der Waals surface area contributed by atoms with Gasteiger partial charge < -0.3 is 14.7 Å². The molecule has 0 atom stereocenters. The van der Waals surface area contributed by atoms with Gasteiger partial charge in [-0.15, -0.1) is 19.8 Å². The number of anilines is 1. The molecule has 0 spiro atoms. The zero-order chi connectivity index (χ0) is 22.4. The van der Waals surface area contributed by atoms with Gasteiger partial charge in [0.05, 0.1) is 4.90 Å². The van der Waals surface area contributed by atoms with E-state index in [0.29, 0.717) is 6.42 Å². The molecule has 30 heavy (non-hydrogen) atoms. The molecule has 0 heterocycles. The Hall–Kier alpha value is -3.21. The van der Waals surface area contributed by atoms with Gasteiger partial charge in [-0.2, -0.15) is 0 Å². The first-order valence-corrected chi connectivity index (χ1v) is 10.0. The maximum absolute atomic E-state index is 12.4. The van der Waals surface area contributed by atoms with Crippen molar-refractivity contribution in [2.24, 2.45) is 0 Å². The minimum absolute atomic E-state index is 0.194. The van der Waals surface area contributed by atoms with Gasteiger partial charge in [0, 0.05) is 18.8 Å². The van der Waals surface area contributed by atoms with Crippen LogP contribution in [0.15, 0.2) is 66.1 Å². The first kappa shape index (κ1) is 23.1. The molecule has 0 saturated heterocycles. The van der Waals surface area contributed by atoms with E-state index in [1.807, 2.05) is 0 Å². The standard InChI is InChI=1S/C19H19F3N2O5S/c1-2-12-24(18(25)26)13-11-14-3-5-15(6-4-14)23-30(27,28)17-9-7-16(8-10-17)29-19(20,21)22/h2-10,23H,1,11-13H2,(H,25,26). The Balaban J connectivity index is 2.01. The van der Waals surface area contributed by atoms with Crippen molar-refractivity contribution < 1.29 is 36.2 Å². The average molecular weight is 444 g/mol. The van der Waals surface area contributed by atoms with Crippen molar-refractivity contribution >= 4 is 21.8 Å². The minimum Gasteiger partial charge on any atom is -0.465 e. The maximum atomic E-state index is 12.4. The molecular weight excluding hydrogens is 425 g/mol. The first-order valence-electron chi connectivity index (χ1n) is 8.56. The van der Waals surface area contributed by atoms with Gasteiger partial charge in [0.1, 0.15) is 5.75 Å². The van der Waals surface area contributed by atoms with Crippen LogP contribution < -0.4 is 9.46 Å². The van der Waals surface area contributed by atoms with Crippen molar-refractivity contribution in [3.05, 3.63) is 66.7 Å². The molecule has 0 aromatic heterocycles. The fourth-order valence-electron chi connectivity index (χ4n) is 2.46. The lowest BCUT2D eigenvalue weighted by molar-refractivity contribution is -0.274. The quantitative estimate of drug-likeness (QED) is 0.568. The number of hydrogen-bond donors (Lipinski definition) is 2. The second-order valence-electron chi connectivity index (χ2n) is 6.09. The fraction of sp³-hybridized carbons (Fsp3) is 0.211. The number of hydrogen-bond acceptors (Lipinski definition) is 4. The molecular formula is C19H19F3N2O5S. The van der Waals surface area contributed by atoms with Crippen LogP contribution >= 0.6 is 0 Å². The number of alkyl halides is 3. The summed E-state index contributed by atoms with van der Waals surface area (Å²) in [6, 6.07) is 10.1. The molecule has 0 aliphatic carbocycles.